The van der Waals surface area contributed by atoms with Crippen molar-refractivity contribution in [1.29, 1.82) is 0 Å². The number of aliphatic hydroxyl groups excluding tert-OH is 2. The van der Waals surface area contributed by atoms with Gasteiger partial charge in [0.15, 0.2) is 6.29 Å². The fourth-order valence-electron chi connectivity index (χ4n) is 1.99. The minimum Gasteiger partial charge on any atom is -0.394 e. The van der Waals surface area contributed by atoms with Gasteiger partial charge in [-0.25, -0.2) is 0 Å². The third-order valence-electron chi connectivity index (χ3n) is 3.10. The number of hydrogen-bond donors (Lipinski definition) is 2. The lowest BCUT2D eigenvalue weighted by Gasteiger charge is -2.32. The number of Topliss-reactive ketones (excluding diaryl/α,β-unsaturated/α-hetero) is 1. The summed E-state index contributed by atoms with van der Waals surface area (Å²) in [6, 6.07) is 0. The number of rotatable bonds is 8. The summed E-state index contributed by atoms with van der Waals surface area (Å²) in [6.45, 7) is 2.29. The highest BCUT2D eigenvalue weighted by atomic mass is 16.7. The first-order valence-corrected chi connectivity index (χ1v) is 6.73. The molecule has 2 N–H and O–H groups in total. The van der Waals surface area contributed by atoms with Crippen LogP contribution in [0.5, 0.6) is 0 Å². The van der Waals surface area contributed by atoms with Gasteiger partial charge in [0.05, 0.1) is 18.8 Å². The monoisotopic (exact) mass is 260 g/mol. The minimum absolute atomic E-state index is 0.0953. The third-order valence-corrected chi connectivity index (χ3v) is 3.10. The first kappa shape index (κ1) is 15.6. The van der Waals surface area contributed by atoms with Gasteiger partial charge in [-0.05, 0) is 12.8 Å². The number of ketones is 1. The fraction of sp³-hybridized carbons (Fsp3) is 0.923. The van der Waals surface area contributed by atoms with Gasteiger partial charge in [-0.1, -0.05) is 6.92 Å². The lowest BCUT2D eigenvalue weighted by atomic mass is 10.1. The maximum atomic E-state index is 11.1. The molecule has 0 aliphatic carbocycles. The van der Waals surface area contributed by atoms with Crippen molar-refractivity contribution >= 4 is 5.78 Å². The number of carbonyl (C=O) groups is 1. The molecule has 0 amide bonds. The summed E-state index contributed by atoms with van der Waals surface area (Å²) in [4.78, 5) is 11.1. The van der Waals surface area contributed by atoms with Gasteiger partial charge in [0, 0.05) is 32.3 Å². The molecule has 1 aliphatic heterocycles. The number of unbranched alkanes of at least 4 members (excludes halogenated alkanes) is 1. The molecule has 1 rings (SSSR count). The summed E-state index contributed by atoms with van der Waals surface area (Å²) >= 11 is 0. The highest BCUT2D eigenvalue weighted by Gasteiger charge is 2.28. The molecule has 0 spiro atoms. The van der Waals surface area contributed by atoms with Crippen LogP contribution in [-0.2, 0) is 14.3 Å². The fourth-order valence-corrected chi connectivity index (χ4v) is 1.99. The van der Waals surface area contributed by atoms with Gasteiger partial charge >= 0.3 is 0 Å². The Balaban J connectivity index is 2.09. The second-order valence-corrected chi connectivity index (χ2v) is 4.72. The molecule has 0 saturated carbocycles. The van der Waals surface area contributed by atoms with Gasteiger partial charge < -0.3 is 19.7 Å². The molecule has 1 saturated heterocycles. The Hall–Kier alpha value is -0.490. The van der Waals surface area contributed by atoms with Gasteiger partial charge in [-0.15, -0.1) is 0 Å². The van der Waals surface area contributed by atoms with Crippen LogP contribution >= 0.6 is 0 Å². The smallest absolute Gasteiger partial charge is 0.160 e. The molecule has 0 aromatic rings. The number of carbonyl (C=O) groups excluding carboxylic acids is 1. The van der Waals surface area contributed by atoms with Crippen LogP contribution in [0.4, 0.5) is 0 Å². The average Bonchev–Trinajstić information content (AvgIpc) is 2.37. The minimum atomic E-state index is -0.470. The van der Waals surface area contributed by atoms with Crippen molar-refractivity contribution in [2.24, 2.45) is 0 Å². The molecular weight excluding hydrogens is 236 g/mol. The van der Waals surface area contributed by atoms with Crippen molar-refractivity contribution in [1.82, 2.24) is 0 Å². The van der Waals surface area contributed by atoms with Crippen LogP contribution in [0.3, 0.4) is 0 Å². The highest BCUT2D eigenvalue weighted by molar-refractivity contribution is 5.77. The van der Waals surface area contributed by atoms with E-state index >= 15 is 0 Å². The molecule has 1 fully saturated rings. The Morgan fingerprint density at radius 3 is 2.83 bits per heavy atom. The molecular formula is C13H24O5. The number of hydrogen-bond acceptors (Lipinski definition) is 5. The van der Waals surface area contributed by atoms with E-state index in [1.165, 1.54) is 0 Å². The SMILES string of the molecule is CCC(=O)CCCCOC1CC(O)CC(CO)O1. The van der Waals surface area contributed by atoms with E-state index < -0.39 is 12.4 Å². The van der Waals surface area contributed by atoms with E-state index in [0.29, 0.717) is 32.3 Å². The van der Waals surface area contributed by atoms with Gasteiger partial charge in [0.2, 0.25) is 0 Å². The van der Waals surface area contributed by atoms with Crippen molar-refractivity contribution < 1.29 is 24.5 Å². The van der Waals surface area contributed by atoms with Crippen LogP contribution in [0, 0.1) is 0 Å². The number of ether oxygens (including phenoxy) is 2. The lowest BCUT2D eigenvalue weighted by Crippen LogP contribution is -2.39. The van der Waals surface area contributed by atoms with Crippen LogP contribution in [-0.4, -0.2) is 47.7 Å². The molecule has 1 heterocycles. The van der Waals surface area contributed by atoms with E-state index in [9.17, 15) is 9.90 Å². The first-order valence-electron chi connectivity index (χ1n) is 6.73. The van der Waals surface area contributed by atoms with Crippen molar-refractivity contribution in [3.05, 3.63) is 0 Å². The molecule has 1 aliphatic rings. The molecule has 106 valence electrons. The quantitative estimate of drug-likeness (QED) is 0.637. The highest BCUT2D eigenvalue weighted by Crippen LogP contribution is 2.20. The predicted octanol–water partition coefficient (Wildman–Crippen LogP) is 1.01. The van der Waals surface area contributed by atoms with Crippen molar-refractivity contribution in [3.8, 4) is 0 Å². The normalized spacial score (nSPS) is 28.3. The number of aliphatic hydroxyl groups is 2. The molecule has 0 radical (unpaired) electrons. The molecule has 5 heteroatoms. The molecule has 18 heavy (non-hydrogen) atoms. The van der Waals surface area contributed by atoms with Crippen LogP contribution in [0.1, 0.15) is 45.4 Å². The van der Waals surface area contributed by atoms with E-state index in [1.54, 1.807) is 0 Å². The summed E-state index contributed by atoms with van der Waals surface area (Å²) in [5.74, 6) is 0.277. The van der Waals surface area contributed by atoms with Crippen LogP contribution in [0.2, 0.25) is 0 Å². The zero-order valence-corrected chi connectivity index (χ0v) is 11.0. The van der Waals surface area contributed by atoms with E-state index in [1.807, 2.05) is 6.92 Å². The van der Waals surface area contributed by atoms with Crippen molar-refractivity contribution in [3.63, 3.8) is 0 Å². The largest absolute Gasteiger partial charge is 0.394 e. The Bertz CT molecular complexity index is 244. The van der Waals surface area contributed by atoms with Gasteiger partial charge in [0.25, 0.3) is 0 Å². The van der Waals surface area contributed by atoms with E-state index in [2.05, 4.69) is 0 Å². The predicted molar refractivity (Wildman–Crippen MR) is 66.1 cm³/mol. The zero-order chi connectivity index (χ0) is 13.4. The van der Waals surface area contributed by atoms with Crippen LogP contribution in [0.25, 0.3) is 0 Å². The summed E-state index contributed by atoms with van der Waals surface area (Å²) in [6.07, 6.45) is 2.50. The summed E-state index contributed by atoms with van der Waals surface area (Å²) in [5, 5.41) is 18.6. The Morgan fingerprint density at radius 1 is 1.39 bits per heavy atom. The Morgan fingerprint density at radius 2 is 2.17 bits per heavy atom. The standard InChI is InChI=1S/C13H24O5/c1-2-10(15)5-3-4-6-17-13-8-11(16)7-12(9-14)18-13/h11-14,16H,2-9H2,1H3. The van der Waals surface area contributed by atoms with Crippen molar-refractivity contribution in [2.75, 3.05) is 13.2 Å². The molecule has 0 bridgehead atoms. The summed E-state index contributed by atoms with van der Waals surface area (Å²) < 4.78 is 11.0. The van der Waals surface area contributed by atoms with Crippen molar-refractivity contribution in [2.45, 2.75) is 63.9 Å². The Kier molecular flexibility index (Phi) is 7.42. The molecule has 0 aromatic carbocycles. The lowest BCUT2D eigenvalue weighted by molar-refractivity contribution is -0.221. The molecule has 0 aromatic heterocycles. The topological polar surface area (TPSA) is 76.0 Å². The average molecular weight is 260 g/mol. The van der Waals surface area contributed by atoms with E-state index in [-0.39, 0.29) is 18.5 Å². The molecule has 5 nitrogen and oxygen atoms in total. The van der Waals surface area contributed by atoms with E-state index in [4.69, 9.17) is 14.6 Å². The third kappa shape index (κ3) is 5.91. The summed E-state index contributed by atoms with van der Waals surface area (Å²) in [5.41, 5.74) is 0. The zero-order valence-electron chi connectivity index (χ0n) is 11.0. The van der Waals surface area contributed by atoms with E-state index in [0.717, 1.165) is 12.8 Å². The van der Waals surface area contributed by atoms with Gasteiger partial charge in [-0.2, -0.15) is 0 Å². The maximum absolute atomic E-state index is 11.1. The first-order chi connectivity index (χ1) is 8.65. The summed E-state index contributed by atoms with van der Waals surface area (Å²) in [7, 11) is 0. The molecule has 3 unspecified atom stereocenters. The van der Waals surface area contributed by atoms with Gasteiger partial charge in [0.1, 0.15) is 5.78 Å². The van der Waals surface area contributed by atoms with Crippen LogP contribution in [0.15, 0.2) is 0 Å². The Labute approximate surface area is 108 Å². The van der Waals surface area contributed by atoms with Gasteiger partial charge in [-0.3, -0.25) is 4.79 Å². The van der Waals surface area contributed by atoms with Crippen LogP contribution < -0.4 is 0 Å². The second kappa shape index (κ2) is 8.58. The maximum Gasteiger partial charge on any atom is 0.160 e. The molecule has 3 atom stereocenters. The second-order valence-electron chi connectivity index (χ2n) is 4.72.